The van der Waals surface area contributed by atoms with Crippen LogP contribution in [0.5, 0.6) is 0 Å². The Morgan fingerprint density at radius 2 is 2.04 bits per heavy atom. The Morgan fingerprint density at radius 3 is 2.70 bits per heavy atom. The molecule has 2 aromatic carbocycles. The van der Waals surface area contributed by atoms with Crippen LogP contribution in [0.1, 0.15) is 24.4 Å². The van der Waals surface area contributed by atoms with Gasteiger partial charge in [-0.1, -0.05) is 44.2 Å². The highest BCUT2D eigenvalue weighted by molar-refractivity contribution is 7.11. The normalized spacial score (nSPS) is 11.4. The predicted molar refractivity (Wildman–Crippen MR) is 110 cm³/mol. The maximum absolute atomic E-state index is 13.2. The number of nitrogens with zero attached hydrogens (tertiary/aromatic N) is 2. The second kappa shape index (κ2) is 8.61. The molecule has 0 bridgehead atoms. The number of hydrogen-bond acceptors (Lipinski definition) is 4. The molecule has 0 aliphatic carbocycles. The van der Waals surface area contributed by atoms with E-state index in [-0.39, 0.29) is 5.82 Å². The van der Waals surface area contributed by atoms with Crippen molar-refractivity contribution in [2.24, 2.45) is 5.92 Å². The average Bonchev–Trinajstić information content (AvgIpc) is 3.12. The molecule has 0 fully saturated rings. The van der Waals surface area contributed by atoms with Crippen LogP contribution in [0.25, 0.3) is 16.8 Å². The summed E-state index contributed by atoms with van der Waals surface area (Å²) < 4.78 is 13.2. The number of nitriles is 1. The topological polar surface area (TPSA) is 48.7 Å². The molecule has 1 aromatic heterocycles. The van der Waals surface area contributed by atoms with Crippen molar-refractivity contribution in [3.8, 4) is 17.3 Å². The lowest BCUT2D eigenvalue weighted by Gasteiger charge is -2.05. The third kappa shape index (κ3) is 5.02. The van der Waals surface area contributed by atoms with Crippen LogP contribution in [-0.2, 0) is 6.42 Å². The molecule has 0 spiro atoms. The van der Waals surface area contributed by atoms with Gasteiger partial charge in [0.2, 0.25) is 0 Å². The monoisotopic (exact) mass is 377 g/mol. The van der Waals surface area contributed by atoms with Gasteiger partial charge < -0.3 is 5.32 Å². The fourth-order valence-electron chi connectivity index (χ4n) is 2.69. The Bertz CT molecular complexity index is 981. The van der Waals surface area contributed by atoms with Crippen molar-refractivity contribution in [2.45, 2.75) is 20.3 Å². The van der Waals surface area contributed by atoms with E-state index in [0.717, 1.165) is 17.7 Å². The molecule has 3 nitrogen and oxygen atoms in total. The van der Waals surface area contributed by atoms with Gasteiger partial charge in [0.25, 0.3) is 0 Å². The smallest absolute Gasteiger partial charge is 0.136 e. The molecule has 0 saturated carbocycles. The highest BCUT2D eigenvalue weighted by atomic mass is 32.1. The number of thiazole rings is 1. The van der Waals surface area contributed by atoms with Crippen molar-refractivity contribution >= 4 is 22.6 Å². The largest absolute Gasteiger partial charge is 0.360 e. The molecule has 1 heterocycles. The number of hydrogen-bond donors (Lipinski definition) is 1. The van der Waals surface area contributed by atoms with Crippen molar-refractivity contribution in [1.82, 2.24) is 4.98 Å². The Balaban J connectivity index is 1.77. The van der Waals surface area contributed by atoms with E-state index in [0.29, 0.717) is 22.2 Å². The minimum Gasteiger partial charge on any atom is -0.360 e. The van der Waals surface area contributed by atoms with E-state index in [1.807, 2.05) is 5.38 Å². The third-order valence-electron chi connectivity index (χ3n) is 3.96. The first-order valence-electron chi connectivity index (χ1n) is 8.72. The van der Waals surface area contributed by atoms with Crippen LogP contribution in [0.3, 0.4) is 0 Å². The molecule has 0 radical (unpaired) electrons. The minimum atomic E-state index is -0.329. The van der Waals surface area contributed by atoms with Crippen molar-refractivity contribution in [1.29, 1.82) is 5.26 Å². The van der Waals surface area contributed by atoms with Crippen LogP contribution in [0.4, 0.5) is 10.1 Å². The summed E-state index contributed by atoms with van der Waals surface area (Å²) >= 11 is 1.41. The fraction of sp³-hybridized carbons (Fsp3) is 0.182. The van der Waals surface area contributed by atoms with Gasteiger partial charge in [0.15, 0.2) is 0 Å². The maximum atomic E-state index is 13.2. The summed E-state index contributed by atoms with van der Waals surface area (Å²) in [7, 11) is 0. The molecule has 136 valence electrons. The fourth-order valence-corrected chi connectivity index (χ4v) is 3.48. The predicted octanol–water partition coefficient (Wildman–Crippen LogP) is 6.12. The lowest BCUT2D eigenvalue weighted by atomic mass is 10.0. The van der Waals surface area contributed by atoms with Gasteiger partial charge in [-0.3, -0.25) is 0 Å². The summed E-state index contributed by atoms with van der Waals surface area (Å²) in [6, 6.07) is 16.6. The van der Waals surface area contributed by atoms with Gasteiger partial charge in [-0.15, -0.1) is 11.3 Å². The van der Waals surface area contributed by atoms with Gasteiger partial charge in [-0.2, -0.15) is 5.26 Å². The number of rotatable bonds is 6. The van der Waals surface area contributed by atoms with Gasteiger partial charge in [-0.05, 0) is 36.1 Å². The van der Waals surface area contributed by atoms with E-state index < -0.39 is 0 Å². The van der Waals surface area contributed by atoms with Gasteiger partial charge in [0, 0.05) is 22.8 Å². The number of halogens is 1. The maximum Gasteiger partial charge on any atom is 0.136 e. The molecule has 0 amide bonds. The highest BCUT2D eigenvalue weighted by Gasteiger charge is 2.09. The number of benzene rings is 2. The van der Waals surface area contributed by atoms with Crippen LogP contribution in [0.15, 0.2) is 60.1 Å². The molecule has 0 aliphatic rings. The molecule has 5 heteroatoms. The lowest BCUT2D eigenvalue weighted by molar-refractivity contribution is 0.628. The van der Waals surface area contributed by atoms with E-state index in [1.165, 1.54) is 29.0 Å². The van der Waals surface area contributed by atoms with E-state index in [4.69, 9.17) is 0 Å². The highest BCUT2D eigenvalue weighted by Crippen LogP contribution is 2.26. The van der Waals surface area contributed by atoms with Crippen LogP contribution in [0, 0.1) is 23.1 Å². The zero-order valence-electron chi connectivity index (χ0n) is 15.2. The third-order valence-corrected chi connectivity index (χ3v) is 4.83. The number of anilines is 1. The zero-order valence-corrected chi connectivity index (χ0v) is 16.1. The molecule has 3 aromatic rings. The summed E-state index contributed by atoms with van der Waals surface area (Å²) in [4.78, 5) is 4.59. The Morgan fingerprint density at radius 1 is 1.26 bits per heavy atom. The quantitative estimate of drug-likeness (QED) is 0.526. The number of aromatic nitrogens is 1. The van der Waals surface area contributed by atoms with E-state index in [2.05, 4.69) is 54.5 Å². The van der Waals surface area contributed by atoms with Crippen LogP contribution >= 0.6 is 11.3 Å². The summed E-state index contributed by atoms with van der Waals surface area (Å²) in [5.74, 6) is 0.292. The van der Waals surface area contributed by atoms with Gasteiger partial charge in [0.05, 0.1) is 5.69 Å². The van der Waals surface area contributed by atoms with Crippen LogP contribution in [-0.4, -0.2) is 4.98 Å². The molecular formula is C22H20FN3S. The van der Waals surface area contributed by atoms with E-state index in [9.17, 15) is 9.65 Å². The van der Waals surface area contributed by atoms with Crippen molar-refractivity contribution in [2.75, 3.05) is 5.32 Å². The first-order valence-corrected chi connectivity index (χ1v) is 9.60. The Labute approximate surface area is 162 Å². The SMILES string of the molecule is CC(C)Cc1ccc(-c2csc(C(C#N)=CNc3cccc(F)c3)n2)cc1. The van der Waals surface area contributed by atoms with Crippen LogP contribution < -0.4 is 5.32 Å². The molecule has 27 heavy (non-hydrogen) atoms. The van der Waals surface area contributed by atoms with Gasteiger partial charge >= 0.3 is 0 Å². The second-order valence-electron chi connectivity index (χ2n) is 6.66. The van der Waals surface area contributed by atoms with E-state index >= 15 is 0 Å². The molecule has 3 rings (SSSR count). The van der Waals surface area contributed by atoms with E-state index in [1.54, 1.807) is 18.3 Å². The molecule has 0 unspecified atom stereocenters. The Hall–Kier alpha value is -2.97. The average molecular weight is 377 g/mol. The van der Waals surface area contributed by atoms with Crippen molar-refractivity contribution in [3.05, 3.63) is 76.5 Å². The number of allylic oxidation sites excluding steroid dienone is 1. The summed E-state index contributed by atoms with van der Waals surface area (Å²) in [5.41, 5.74) is 4.17. The summed E-state index contributed by atoms with van der Waals surface area (Å²) in [5, 5.41) is 15.0. The van der Waals surface area contributed by atoms with Crippen molar-refractivity contribution in [3.63, 3.8) is 0 Å². The molecule has 0 saturated heterocycles. The van der Waals surface area contributed by atoms with Gasteiger partial charge in [-0.25, -0.2) is 9.37 Å². The molecule has 1 N–H and O–H groups in total. The first-order chi connectivity index (χ1) is 13.0. The number of nitrogens with one attached hydrogen (secondary N) is 1. The second-order valence-corrected chi connectivity index (χ2v) is 7.52. The molecular weight excluding hydrogens is 357 g/mol. The lowest BCUT2D eigenvalue weighted by Crippen LogP contribution is -1.93. The first kappa shape index (κ1) is 18.8. The standard InChI is InChI=1S/C22H20FN3S/c1-15(2)10-16-6-8-17(9-7-16)21-14-27-22(26-21)18(12-24)13-25-20-5-3-4-19(23)11-20/h3-9,11,13-15,25H,10H2,1-2H3. The van der Waals surface area contributed by atoms with Crippen LogP contribution in [0.2, 0.25) is 0 Å². The van der Waals surface area contributed by atoms with Gasteiger partial charge in [0.1, 0.15) is 22.5 Å². The summed E-state index contributed by atoms with van der Waals surface area (Å²) in [6.45, 7) is 4.41. The molecule has 0 aliphatic heterocycles. The molecule has 0 atom stereocenters. The minimum absolute atomic E-state index is 0.329. The Kier molecular flexibility index (Phi) is 6.00. The zero-order chi connectivity index (χ0) is 19.2. The summed E-state index contributed by atoms with van der Waals surface area (Å²) in [6.07, 6.45) is 2.61. The van der Waals surface area contributed by atoms with Crippen molar-refractivity contribution < 1.29 is 4.39 Å².